The van der Waals surface area contributed by atoms with Gasteiger partial charge in [-0.1, -0.05) is 20.8 Å². The molecule has 0 bridgehead atoms. The van der Waals surface area contributed by atoms with Crippen molar-refractivity contribution in [3.05, 3.63) is 16.1 Å². The summed E-state index contributed by atoms with van der Waals surface area (Å²) in [4.78, 5) is 31.5. The molecule has 0 radical (unpaired) electrons. The number of carboxylic acid groups (broad SMARTS) is 1. The van der Waals surface area contributed by atoms with Crippen LogP contribution in [0.3, 0.4) is 0 Å². The molecule has 2 rings (SSSR count). The SMILES string of the molecule is CC(=O)N(CC(=O)O)[C@H]1CCCN(Cc2nc(C(C)(C)C)cs2)CC1. The van der Waals surface area contributed by atoms with Crippen LogP contribution in [0.15, 0.2) is 5.38 Å². The van der Waals surface area contributed by atoms with Crippen LogP contribution >= 0.6 is 11.3 Å². The molecule has 0 aromatic carbocycles. The van der Waals surface area contributed by atoms with Gasteiger partial charge >= 0.3 is 5.97 Å². The van der Waals surface area contributed by atoms with Gasteiger partial charge in [0, 0.05) is 30.3 Å². The zero-order chi connectivity index (χ0) is 18.6. The lowest BCUT2D eigenvalue weighted by Gasteiger charge is -2.28. The van der Waals surface area contributed by atoms with Crippen molar-refractivity contribution in [1.29, 1.82) is 0 Å². The highest BCUT2D eigenvalue weighted by Crippen LogP contribution is 2.25. The number of aliphatic carboxylic acids is 1. The molecule has 1 aliphatic heterocycles. The van der Waals surface area contributed by atoms with E-state index in [-0.39, 0.29) is 23.9 Å². The van der Waals surface area contributed by atoms with E-state index < -0.39 is 5.97 Å². The van der Waals surface area contributed by atoms with Crippen molar-refractivity contribution in [1.82, 2.24) is 14.8 Å². The van der Waals surface area contributed by atoms with Crippen molar-refractivity contribution < 1.29 is 14.7 Å². The number of carboxylic acids is 1. The Morgan fingerprint density at radius 1 is 1.36 bits per heavy atom. The standard InChI is InChI=1S/C18H29N3O3S/c1-13(22)21(11-17(23)24)14-6-5-8-20(9-7-14)10-16-19-15(12-25-16)18(2,3)4/h12,14H,5-11H2,1-4H3,(H,23,24)/t14-/m0/s1. The largest absolute Gasteiger partial charge is 0.480 e. The summed E-state index contributed by atoms with van der Waals surface area (Å²) in [7, 11) is 0. The molecule has 1 amide bonds. The van der Waals surface area contributed by atoms with Gasteiger partial charge < -0.3 is 10.0 Å². The van der Waals surface area contributed by atoms with E-state index in [2.05, 4.69) is 31.1 Å². The molecule has 2 heterocycles. The summed E-state index contributed by atoms with van der Waals surface area (Å²) in [6.07, 6.45) is 2.63. The average molecular weight is 368 g/mol. The molecule has 1 aromatic heterocycles. The Bertz CT molecular complexity index is 609. The van der Waals surface area contributed by atoms with Gasteiger partial charge in [0.15, 0.2) is 0 Å². The highest BCUT2D eigenvalue weighted by molar-refractivity contribution is 7.09. The highest BCUT2D eigenvalue weighted by atomic mass is 32.1. The lowest BCUT2D eigenvalue weighted by molar-refractivity contribution is -0.145. The molecule has 0 unspecified atom stereocenters. The summed E-state index contributed by atoms with van der Waals surface area (Å²) in [6.45, 7) is 10.4. The van der Waals surface area contributed by atoms with Crippen LogP contribution in [0.4, 0.5) is 0 Å². The second-order valence-corrected chi connectivity index (χ2v) is 8.72. The topological polar surface area (TPSA) is 73.7 Å². The third-order valence-electron chi connectivity index (χ3n) is 4.62. The summed E-state index contributed by atoms with van der Waals surface area (Å²) in [6, 6.07) is 0.0139. The van der Waals surface area contributed by atoms with Crippen molar-refractivity contribution in [2.24, 2.45) is 0 Å². The number of nitrogens with zero attached hydrogens (tertiary/aromatic N) is 3. The van der Waals surface area contributed by atoms with E-state index in [0.29, 0.717) is 0 Å². The molecule has 1 aromatic rings. The lowest BCUT2D eigenvalue weighted by Crippen LogP contribution is -2.42. The van der Waals surface area contributed by atoms with Crippen molar-refractivity contribution >= 4 is 23.2 Å². The molecule has 140 valence electrons. The summed E-state index contributed by atoms with van der Waals surface area (Å²) in [5.74, 6) is -1.11. The number of hydrogen-bond donors (Lipinski definition) is 1. The van der Waals surface area contributed by atoms with Crippen LogP contribution < -0.4 is 0 Å². The molecule has 0 saturated carbocycles. The Labute approximate surface area is 153 Å². The first kappa shape index (κ1) is 19.8. The molecular weight excluding hydrogens is 338 g/mol. The third kappa shape index (κ3) is 5.78. The number of thiazole rings is 1. The first-order valence-corrected chi connectivity index (χ1v) is 9.71. The minimum absolute atomic E-state index is 0.0139. The van der Waals surface area contributed by atoms with Crippen LogP contribution in [0.1, 0.15) is 57.7 Å². The Balaban J connectivity index is 1.95. The second kappa shape index (κ2) is 8.27. The van der Waals surface area contributed by atoms with Gasteiger partial charge in [0.1, 0.15) is 11.6 Å². The summed E-state index contributed by atoms with van der Waals surface area (Å²) < 4.78 is 0. The summed E-state index contributed by atoms with van der Waals surface area (Å²) in [5.41, 5.74) is 1.20. The van der Waals surface area contributed by atoms with Gasteiger partial charge in [-0.2, -0.15) is 0 Å². The van der Waals surface area contributed by atoms with Crippen LogP contribution in [-0.2, 0) is 21.5 Å². The van der Waals surface area contributed by atoms with Gasteiger partial charge in [-0.25, -0.2) is 4.98 Å². The van der Waals surface area contributed by atoms with E-state index in [4.69, 9.17) is 10.1 Å². The maximum Gasteiger partial charge on any atom is 0.323 e. The smallest absolute Gasteiger partial charge is 0.323 e. The molecule has 1 fully saturated rings. The molecule has 1 aliphatic rings. The fraction of sp³-hybridized carbons (Fsp3) is 0.722. The average Bonchev–Trinajstić information content (AvgIpc) is 2.85. The first-order chi connectivity index (χ1) is 11.7. The van der Waals surface area contributed by atoms with Crippen LogP contribution in [-0.4, -0.2) is 57.4 Å². The van der Waals surface area contributed by atoms with E-state index in [1.54, 1.807) is 11.3 Å². The first-order valence-electron chi connectivity index (χ1n) is 8.83. The van der Waals surface area contributed by atoms with E-state index in [1.165, 1.54) is 11.8 Å². The Kier molecular flexibility index (Phi) is 6.57. The number of carbonyl (C=O) groups excluding carboxylic acids is 1. The lowest BCUT2D eigenvalue weighted by atomic mass is 9.93. The number of carbonyl (C=O) groups is 2. The fourth-order valence-corrected chi connectivity index (χ4v) is 4.23. The number of hydrogen-bond acceptors (Lipinski definition) is 5. The van der Waals surface area contributed by atoms with Gasteiger partial charge in [0.25, 0.3) is 0 Å². The van der Waals surface area contributed by atoms with Crippen molar-refractivity contribution in [2.75, 3.05) is 19.6 Å². The molecule has 1 saturated heterocycles. The molecular formula is C18H29N3O3S. The number of aromatic nitrogens is 1. The van der Waals surface area contributed by atoms with Gasteiger partial charge in [0.05, 0.1) is 12.2 Å². The maximum atomic E-state index is 11.8. The molecule has 1 atom stereocenters. The maximum absolute atomic E-state index is 11.8. The van der Waals surface area contributed by atoms with E-state index >= 15 is 0 Å². The van der Waals surface area contributed by atoms with E-state index in [0.717, 1.165) is 49.6 Å². The summed E-state index contributed by atoms with van der Waals surface area (Å²) >= 11 is 1.70. The molecule has 0 aliphatic carbocycles. The Hall–Kier alpha value is -1.47. The monoisotopic (exact) mass is 367 g/mol. The molecule has 25 heavy (non-hydrogen) atoms. The fourth-order valence-electron chi connectivity index (χ4n) is 3.17. The predicted octanol–water partition coefficient (Wildman–Crippen LogP) is 2.73. The number of amides is 1. The predicted molar refractivity (Wildman–Crippen MR) is 98.8 cm³/mol. The molecule has 7 heteroatoms. The summed E-state index contributed by atoms with van der Waals surface area (Å²) in [5, 5.41) is 12.3. The van der Waals surface area contributed by atoms with Crippen LogP contribution in [0.2, 0.25) is 0 Å². The number of rotatable bonds is 5. The van der Waals surface area contributed by atoms with Crippen molar-refractivity contribution in [3.63, 3.8) is 0 Å². The van der Waals surface area contributed by atoms with Crippen molar-refractivity contribution in [3.8, 4) is 0 Å². The normalized spacial score (nSPS) is 19.4. The minimum Gasteiger partial charge on any atom is -0.480 e. The zero-order valence-electron chi connectivity index (χ0n) is 15.6. The molecule has 0 spiro atoms. The Morgan fingerprint density at radius 3 is 2.64 bits per heavy atom. The molecule has 1 N–H and O–H groups in total. The highest BCUT2D eigenvalue weighted by Gasteiger charge is 2.26. The van der Waals surface area contributed by atoms with E-state index in [1.807, 2.05) is 0 Å². The van der Waals surface area contributed by atoms with Crippen LogP contribution in [0.25, 0.3) is 0 Å². The third-order valence-corrected chi connectivity index (χ3v) is 5.45. The Morgan fingerprint density at radius 2 is 2.08 bits per heavy atom. The van der Waals surface area contributed by atoms with Crippen LogP contribution in [0, 0.1) is 0 Å². The van der Waals surface area contributed by atoms with Gasteiger partial charge in [-0.3, -0.25) is 14.5 Å². The quantitative estimate of drug-likeness (QED) is 0.866. The van der Waals surface area contributed by atoms with Gasteiger partial charge in [0.2, 0.25) is 5.91 Å². The molecule has 6 nitrogen and oxygen atoms in total. The van der Waals surface area contributed by atoms with Gasteiger partial charge in [-0.15, -0.1) is 11.3 Å². The van der Waals surface area contributed by atoms with Crippen molar-refractivity contribution in [2.45, 2.75) is 65.0 Å². The number of likely N-dealkylation sites (tertiary alicyclic amines) is 1. The zero-order valence-corrected chi connectivity index (χ0v) is 16.4. The van der Waals surface area contributed by atoms with E-state index in [9.17, 15) is 9.59 Å². The van der Waals surface area contributed by atoms with Crippen LogP contribution in [0.5, 0.6) is 0 Å². The van der Waals surface area contributed by atoms with Gasteiger partial charge in [-0.05, 0) is 25.8 Å². The minimum atomic E-state index is -0.950. The second-order valence-electron chi connectivity index (χ2n) is 7.78.